The maximum absolute atomic E-state index is 12.3. The van der Waals surface area contributed by atoms with Crippen molar-refractivity contribution in [2.75, 3.05) is 6.61 Å². The highest BCUT2D eigenvalue weighted by atomic mass is 79.9. The molecular formula is C18H13BrO4. The van der Waals surface area contributed by atoms with Gasteiger partial charge in [-0.1, -0.05) is 40.2 Å². The van der Waals surface area contributed by atoms with Gasteiger partial charge >= 0.3 is 5.97 Å². The fraction of sp³-hybridized carbons (Fsp3) is 0.111. The number of ether oxygens (including phenoxy) is 1. The number of aryl methyl sites for hydroxylation is 1. The van der Waals surface area contributed by atoms with Crippen LogP contribution in [-0.2, 0) is 4.74 Å². The number of hydrogen-bond donors (Lipinski definition) is 0. The van der Waals surface area contributed by atoms with Crippen LogP contribution in [0.4, 0.5) is 0 Å². The van der Waals surface area contributed by atoms with Gasteiger partial charge in [0, 0.05) is 15.4 Å². The predicted molar refractivity (Wildman–Crippen MR) is 89.7 cm³/mol. The SMILES string of the molecule is Cc1c(C(=O)COC(=O)c2cccc(Br)c2)oc2ccccc12. The van der Waals surface area contributed by atoms with Crippen LogP contribution in [0.5, 0.6) is 0 Å². The number of carbonyl (C=O) groups is 2. The molecule has 1 aromatic heterocycles. The summed E-state index contributed by atoms with van der Waals surface area (Å²) in [6.45, 7) is 1.46. The quantitative estimate of drug-likeness (QED) is 0.498. The van der Waals surface area contributed by atoms with Crippen LogP contribution in [0.1, 0.15) is 26.5 Å². The minimum absolute atomic E-state index is 0.230. The Balaban J connectivity index is 1.74. The van der Waals surface area contributed by atoms with E-state index in [0.717, 1.165) is 15.4 Å². The van der Waals surface area contributed by atoms with Crippen LogP contribution >= 0.6 is 15.9 Å². The van der Waals surface area contributed by atoms with Gasteiger partial charge in [0.2, 0.25) is 5.78 Å². The van der Waals surface area contributed by atoms with Gasteiger partial charge in [-0.05, 0) is 31.2 Å². The van der Waals surface area contributed by atoms with Crippen LogP contribution in [0.3, 0.4) is 0 Å². The summed E-state index contributed by atoms with van der Waals surface area (Å²) in [7, 11) is 0. The van der Waals surface area contributed by atoms with Gasteiger partial charge in [-0.3, -0.25) is 4.79 Å². The van der Waals surface area contributed by atoms with Crippen molar-refractivity contribution in [2.45, 2.75) is 6.92 Å². The molecule has 0 spiro atoms. The van der Waals surface area contributed by atoms with E-state index in [1.54, 1.807) is 30.3 Å². The highest BCUT2D eigenvalue weighted by Gasteiger charge is 2.19. The molecular weight excluding hydrogens is 360 g/mol. The molecule has 1 heterocycles. The Bertz CT molecular complexity index is 895. The smallest absolute Gasteiger partial charge is 0.338 e. The lowest BCUT2D eigenvalue weighted by Gasteiger charge is -2.04. The molecule has 0 N–H and O–H groups in total. The Morgan fingerprint density at radius 3 is 2.65 bits per heavy atom. The van der Waals surface area contributed by atoms with Gasteiger partial charge in [0.15, 0.2) is 12.4 Å². The number of furan rings is 1. The molecule has 0 unspecified atom stereocenters. The van der Waals surface area contributed by atoms with Crippen molar-refractivity contribution in [1.29, 1.82) is 0 Å². The third kappa shape index (κ3) is 3.19. The number of para-hydroxylation sites is 1. The van der Waals surface area contributed by atoms with E-state index < -0.39 is 5.97 Å². The monoisotopic (exact) mass is 372 g/mol. The summed E-state index contributed by atoms with van der Waals surface area (Å²) in [6.07, 6.45) is 0. The lowest BCUT2D eigenvalue weighted by Crippen LogP contribution is -2.14. The van der Waals surface area contributed by atoms with Crippen LogP contribution in [0.2, 0.25) is 0 Å². The zero-order valence-electron chi connectivity index (χ0n) is 12.3. The Kier molecular flexibility index (Phi) is 4.30. The van der Waals surface area contributed by atoms with Crippen molar-refractivity contribution in [3.63, 3.8) is 0 Å². The highest BCUT2D eigenvalue weighted by Crippen LogP contribution is 2.25. The summed E-state index contributed by atoms with van der Waals surface area (Å²) in [4.78, 5) is 24.2. The number of rotatable bonds is 4. The molecule has 116 valence electrons. The summed E-state index contributed by atoms with van der Waals surface area (Å²) in [6, 6.07) is 14.2. The predicted octanol–water partition coefficient (Wildman–Crippen LogP) is 4.54. The van der Waals surface area contributed by atoms with E-state index in [4.69, 9.17) is 9.15 Å². The van der Waals surface area contributed by atoms with Crippen LogP contribution < -0.4 is 0 Å². The van der Waals surface area contributed by atoms with Crippen LogP contribution in [-0.4, -0.2) is 18.4 Å². The van der Waals surface area contributed by atoms with Crippen LogP contribution in [0, 0.1) is 6.92 Å². The first-order valence-corrected chi connectivity index (χ1v) is 7.79. The molecule has 0 atom stereocenters. The number of fused-ring (bicyclic) bond motifs is 1. The maximum atomic E-state index is 12.3. The van der Waals surface area contributed by atoms with E-state index in [2.05, 4.69) is 15.9 Å². The fourth-order valence-corrected chi connectivity index (χ4v) is 2.73. The Labute approximate surface area is 141 Å². The second kappa shape index (κ2) is 6.38. The molecule has 0 amide bonds. The number of carbonyl (C=O) groups excluding carboxylic acids is 2. The lowest BCUT2D eigenvalue weighted by molar-refractivity contribution is 0.0468. The van der Waals surface area contributed by atoms with Crippen molar-refractivity contribution in [3.05, 3.63) is 69.9 Å². The second-order valence-electron chi connectivity index (χ2n) is 5.06. The minimum Gasteiger partial charge on any atom is -0.454 e. The van der Waals surface area contributed by atoms with E-state index in [0.29, 0.717) is 11.1 Å². The first-order chi connectivity index (χ1) is 11.1. The Morgan fingerprint density at radius 1 is 1.13 bits per heavy atom. The average Bonchev–Trinajstić information content (AvgIpc) is 2.90. The largest absolute Gasteiger partial charge is 0.454 e. The topological polar surface area (TPSA) is 56.5 Å². The zero-order valence-corrected chi connectivity index (χ0v) is 13.9. The first-order valence-electron chi connectivity index (χ1n) is 7.00. The lowest BCUT2D eigenvalue weighted by atomic mass is 10.1. The molecule has 4 nitrogen and oxygen atoms in total. The second-order valence-corrected chi connectivity index (χ2v) is 5.98. The van der Waals surface area contributed by atoms with Crippen LogP contribution in [0.15, 0.2) is 57.4 Å². The van der Waals surface area contributed by atoms with Gasteiger partial charge in [-0.25, -0.2) is 4.79 Å². The molecule has 0 aliphatic rings. The van der Waals surface area contributed by atoms with Crippen molar-refractivity contribution in [1.82, 2.24) is 0 Å². The van der Waals surface area contributed by atoms with Gasteiger partial charge in [0.05, 0.1) is 5.56 Å². The molecule has 0 saturated heterocycles. The number of Topliss-reactive ketones (excluding diaryl/α,β-unsaturated/α-hetero) is 1. The number of halogens is 1. The molecule has 2 aromatic carbocycles. The van der Waals surface area contributed by atoms with Gasteiger partial charge < -0.3 is 9.15 Å². The van der Waals surface area contributed by atoms with Crippen molar-refractivity contribution in [3.8, 4) is 0 Å². The van der Waals surface area contributed by atoms with E-state index in [-0.39, 0.29) is 18.2 Å². The number of ketones is 1. The van der Waals surface area contributed by atoms with Gasteiger partial charge in [-0.2, -0.15) is 0 Å². The first kappa shape index (κ1) is 15.5. The summed E-state index contributed by atoms with van der Waals surface area (Å²) in [5, 5.41) is 0.883. The van der Waals surface area contributed by atoms with E-state index >= 15 is 0 Å². The number of benzene rings is 2. The van der Waals surface area contributed by atoms with Gasteiger partial charge in [-0.15, -0.1) is 0 Å². The Morgan fingerprint density at radius 2 is 1.91 bits per heavy atom. The standard InChI is InChI=1S/C18H13BrO4/c1-11-14-7-2-3-8-16(14)23-17(11)15(20)10-22-18(21)12-5-4-6-13(19)9-12/h2-9H,10H2,1H3. The minimum atomic E-state index is -0.548. The van der Waals surface area contributed by atoms with E-state index in [1.807, 2.05) is 25.1 Å². The molecule has 3 rings (SSSR count). The molecule has 5 heteroatoms. The van der Waals surface area contributed by atoms with Gasteiger partial charge in [0.25, 0.3) is 0 Å². The molecule has 0 aliphatic heterocycles. The summed E-state index contributed by atoms with van der Waals surface area (Å²) in [5.41, 5.74) is 1.78. The van der Waals surface area contributed by atoms with Gasteiger partial charge in [0.1, 0.15) is 5.58 Å². The molecule has 3 aromatic rings. The third-order valence-electron chi connectivity index (χ3n) is 3.49. The molecule has 0 bridgehead atoms. The van der Waals surface area contributed by atoms with Crippen molar-refractivity contribution in [2.24, 2.45) is 0 Å². The molecule has 0 fully saturated rings. The molecule has 0 radical (unpaired) electrons. The van der Waals surface area contributed by atoms with E-state index in [1.165, 1.54) is 0 Å². The zero-order chi connectivity index (χ0) is 16.4. The third-order valence-corrected chi connectivity index (χ3v) is 3.98. The van der Waals surface area contributed by atoms with E-state index in [9.17, 15) is 9.59 Å². The van der Waals surface area contributed by atoms with Crippen molar-refractivity contribution >= 4 is 38.7 Å². The summed E-state index contributed by atoms with van der Waals surface area (Å²) in [5.74, 6) is -0.677. The normalized spacial score (nSPS) is 10.7. The molecule has 23 heavy (non-hydrogen) atoms. The number of esters is 1. The summed E-state index contributed by atoms with van der Waals surface area (Å²) >= 11 is 3.29. The van der Waals surface area contributed by atoms with Crippen LogP contribution in [0.25, 0.3) is 11.0 Å². The molecule has 0 aliphatic carbocycles. The molecule has 0 saturated carbocycles. The average molecular weight is 373 g/mol. The Hall–Kier alpha value is -2.40. The number of hydrogen-bond acceptors (Lipinski definition) is 4. The highest BCUT2D eigenvalue weighted by molar-refractivity contribution is 9.10. The maximum Gasteiger partial charge on any atom is 0.338 e. The fourth-order valence-electron chi connectivity index (χ4n) is 2.34. The summed E-state index contributed by atoms with van der Waals surface area (Å²) < 4.78 is 11.4. The van der Waals surface area contributed by atoms with Crippen molar-refractivity contribution < 1.29 is 18.7 Å².